The van der Waals surface area contributed by atoms with E-state index in [-0.39, 0.29) is 5.56 Å². The van der Waals surface area contributed by atoms with Crippen LogP contribution in [0.5, 0.6) is 0 Å². The van der Waals surface area contributed by atoms with Gasteiger partial charge in [-0.05, 0) is 18.2 Å². The number of rotatable bonds is 4. The molecule has 0 spiro atoms. The lowest BCUT2D eigenvalue weighted by Crippen LogP contribution is -2.28. The summed E-state index contributed by atoms with van der Waals surface area (Å²) in [5, 5.41) is 2.12. The van der Waals surface area contributed by atoms with Crippen LogP contribution < -0.4 is 16.0 Å². The summed E-state index contributed by atoms with van der Waals surface area (Å²) >= 11 is 0. The van der Waals surface area contributed by atoms with Crippen LogP contribution in [0.2, 0.25) is 0 Å². The van der Waals surface area contributed by atoms with Crippen molar-refractivity contribution in [3.05, 3.63) is 23.8 Å². The fourth-order valence-corrected chi connectivity index (χ4v) is 1.37. The van der Waals surface area contributed by atoms with Crippen molar-refractivity contribution < 1.29 is 13.6 Å². The third-order valence-corrected chi connectivity index (χ3v) is 2.19. The predicted octanol–water partition coefficient (Wildman–Crippen LogP) is 1.33. The molecule has 3 N–H and O–H groups in total. The molecule has 0 aliphatic carbocycles. The average Bonchev–Trinajstić information content (AvgIpc) is 2.25. The first-order valence-corrected chi connectivity index (χ1v) is 5.05. The van der Waals surface area contributed by atoms with E-state index < -0.39 is 18.9 Å². The molecule has 0 radical (unpaired) electrons. The molecule has 0 unspecified atom stereocenters. The fraction of sp³-hybridized carbons (Fsp3) is 0.364. The molecule has 1 aromatic carbocycles. The van der Waals surface area contributed by atoms with Crippen molar-refractivity contribution in [2.24, 2.45) is 0 Å². The van der Waals surface area contributed by atoms with E-state index in [0.29, 0.717) is 5.69 Å². The van der Waals surface area contributed by atoms with Gasteiger partial charge in [0.2, 0.25) is 0 Å². The third-order valence-electron chi connectivity index (χ3n) is 2.19. The zero-order valence-electron chi connectivity index (χ0n) is 9.71. The van der Waals surface area contributed by atoms with Crippen LogP contribution >= 0.6 is 0 Å². The smallest absolute Gasteiger partial charge is 0.255 e. The molecule has 0 heterocycles. The van der Waals surface area contributed by atoms with Crippen molar-refractivity contribution in [1.29, 1.82) is 0 Å². The van der Waals surface area contributed by atoms with Gasteiger partial charge in [-0.25, -0.2) is 8.78 Å². The minimum Gasteiger partial charge on any atom is -0.397 e. The van der Waals surface area contributed by atoms with Gasteiger partial charge >= 0.3 is 0 Å². The Labute approximate surface area is 98.4 Å². The summed E-state index contributed by atoms with van der Waals surface area (Å²) in [6, 6.07) is 4.69. The van der Waals surface area contributed by atoms with Gasteiger partial charge in [0.15, 0.2) is 0 Å². The summed E-state index contributed by atoms with van der Waals surface area (Å²) in [5.41, 5.74) is 7.22. The summed E-state index contributed by atoms with van der Waals surface area (Å²) in [4.78, 5) is 13.3. The molecule has 1 rings (SSSR count). The molecule has 0 saturated carbocycles. The van der Waals surface area contributed by atoms with Crippen molar-refractivity contribution in [2.75, 3.05) is 31.3 Å². The summed E-state index contributed by atoms with van der Waals surface area (Å²) in [7, 11) is 3.64. The van der Waals surface area contributed by atoms with Crippen LogP contribution in [0.15, 0.2) is 18.2 Å². The topological polar surface area (TPSA) is 58.4 Å². The monoisotopic (exact) mass is 243 g/mol. The van der Waals surface area contributed by atoms with Gasteiger partial charge in [0, 0.05) is 19.7 Å². The molecule has 4 nitrogen and oxygen atoms in total. The molecule has 0 aromatic heterocycles. The largest absolute Gasteiger partial charge is 0.397 e. The minimum atomic E-state index is -2.56. The number of amides is 1. The quantitative estimate of drug-likeness (QED) is 0.784. The maximum atomic E-state index is 11.9. The van der Waals surface area contributed by atoms with E-state index >= 15 is 0 Å². The highest BCUT2D eigenvalue weighted by atomic mass is 19.3. The Morgan fingerprint density at radius 3 is 2.59 bits per heavy atom. The molecule has 6 heteroatoms. The van der Waals surface area contributed by atoms with Gasteiger partial charge in [-0.1, -0.05) is 0 Å². The second kappa shape index (κ2) is 5.47. The first kappa shape index (κ1) is 13.2. The van der Waals surface area contributed by atoms with Gasteiger partial charge in [-0.15, -0.1) is 0 Å². The van der Waals surface area contributed by atoms with Crippen LogP contribution in [0, 0.1) is 0 Å². The molecular formula is C11H15F2N3O. The number of carbonyl (C=O) groups is 1. The van der Waals surface area contributed by atoms with Crippen molar-refractivity contribution in [3.8, 4) is 0 Å². The molecular weight excluding hydrogens is 228 g/mol. The standard InChI is InChI=1S/C11H15F2N3O/c1-16(2)9-4-3-7(5-8(9)14)11(17)15-6-10(12)13/h3-5,10H,6,14H2,1-2H3,(H,15,17). The zero-order valence-corrected chi connectivity index (χ0v) is 9.71. The average molecular weight is 243 g/mol. The van der Waals surface area contributed by atoms with Crippen molar-refractivity contribution in [3.63, 3.8) is 0 Å². The molecule has 0 aliphatic rings. The molecule has 1 aromatic rings. The van der Waals surface area contributed by atoms with Gasteiger partial charge in [-0.2, -0.15) is 0 Å². The number of halogens is 2. The third kappa shape index (κ3) is 3.58. The Bertz CT molecular complexity index is 408. The van der Waals surface area contributed by atoms with E-state index in [1.165, 1.54) is 6.07 Å². The van der Waals surface area contributed by atoms with Crippen LogP contribution in [-0.4, -0.2) is 33.0 Å². The summed E-state index contributed by atoms with van der Waals surface area (Å²) in [6.07, 6.45) is -2.56. The lowest BCUT2D eigenvalue weighted by atomic mass is 10.1. The van der Waals surface area contributed by atoms with Crippen molar-refractivity contribution in [2.45, 2.75) is 6.43 Å². The maximum absolute atomic E-state index is 11.9. The Balaban J connectivity index is 2.79. The van der Waals surface area contributed by atoms with Crippen LogP contribution in [0.4, 0.5) is 20.2 Å². The van der Waals surface area contributed by atoms with Gasteiger partial charge < -0.3 is 16.0 Å². The molecule has 17 heavy (non-hydrogen) atoms. The van der Waals surface area contributed by atoms with Gasteiger partial charge in [0.25, 0.3) is 12.3 Å². The van der Waals surface area contributed by atoms with E-state index in [1.807, 2.05) is 14.1 Å². The normalized spacial score (nSPS) is 10.4. The number of nitrogens with zero attached hydrogens (tertiary/aromatic N) is 1. The predicted molar refractivity (Wildman–Crippen MR) is 63.5 cm³/mol. The van der Waals surface area contributed by atoms with Crippen LogP contribution in [0.3, 0.4) is 0 Å². The first-order valence-electron chi connectivity index (χ1n) is 5.05. The zero-order chi connectivity index (χ0) is 13.0. The first-order chi connectivity index (χ1) is 7.91. The maximum Gasteiger partial charge on any atom is 0.255 e. The second-order valence-electron chi connectivity index (χ2n) is 3.77. The van der Waals surface area contributed by atoms with Crippen LogP contribution in [0.25, 0.3) is 0 Å². The van der Waals surface area contributed by atoms with Crippen LogP contribution in [-0.2, 0) is 0 Å². The molecule has 0 fully saturated rings. The number of carbonyl (C=O) groups excluding carboxylic acids is 1. The Hall–Kier alpha value is -1.85. The van der Waals surface area contributed by atoms with E-state index in [9.17, 15) is 13.6 Å². The van der Waals surface area contributed by atoms with Crippen molar-refractivity contribution >= 4 is 17.3 Å². The van der Waals surface area contributed by atoms with Crippen molar-refractivity contribution in [1.82, 2.24) is 5.32 Å². The second-order valence-corrected chi connectivity index (χ2v) is 3.77. The van der Waals surface area contributed by atoms with Crippen LogP contribution in [0.1, 0.15) is 10.4 Å². The van der Waals surface area contributed by atoms with E-state index in [1.54, 1.807) is 17.0 Å². The summed E-state index contributed by atoms with van der Waals surface area (Å²) in [5.74, 6) is -0.553. The number of nitrogen functional groups attached to an aromatic ring is 1. The molecule has 94 valence electrons. The molecule has 0 saturated heterocycles. The van der Waals surface area contributed by atoms with Gasteiger partial charge in [-0.3, -0.25) is 4.79 Å². The van der Waals surface area contributed by atoms with Gasteiger partial charge in [0.1, 0.15) is 0 Å². The molecule has 0 aliphatic heterocycles. The fourth-order valence-electron chi connectivity index (χ4n) is 1.37. The lowest BCUT2D eigenvalue weighted by molar-refractivity contribution is 0.0892. The number of anilines is 2. The van der Waals surface area contributed by atoms with Gasteiger partial charge in [0.05, 0.1) is 17.9 Å². The Morgan fingerprint density at radius 2 is 2.12 bits per heavy atom. The Morgan fingerprint density at radius 1 is 1.47 bits per heavy atom. The number of nitrogens with two attached hydrogens (primary N) is 1. The highest BCUT2D eigenvalue weighted by molar-refractivity contribution is 5.96. The molecule has 1 amide bonds. The summed E-state index contributed by atoms with van der Waals surface area (Å²) in [6.45, 7) is -0.659. The Kier molecular flexibility index (Phi) is 4.25. The number of hydrogen-bond donors (Lipinski definition) is 2. The highest BCUT2D eigenvalue weighted by Crippen LogP contribution is 2.22. The SMILES string of the molecule is CN(C)c1ccc(C(=O)NCC(F)F)cc1N. The number of benzene rings is 1. The minimum absolute atomic E-state index is 0.272. The molecule has 0 bridgehead atoms. The van der Waals surface area contributed by atoms with E-state index in [0.717, 1.165) is 5.69 Å². The number of nitrogens with one attached hydrogen (secondary N) is 1. The lowest BCUT2D eigenvalue weighted by Gasteiger charge is -2.15. The highest BCUT2D eigenvalue weighted by Gasteiger charge is 2.10. The number of alkyl halides is 2. The molecule has 0 atom stereocenters. The summed E-state index contributed by atoms with van der Waals surface area (Å²) < 4.78 is 23.8. The van der Waals surface area contributed by atoms with E-state index in [4.69, 9.17) is 5.73 Å². The van der Waals surface area contributed by atoms with E-state index in [2.05, 4.69) is 5.32 Å². The number of hydrogen-bond acceptors (Lipinski definition) is 3.